The van der Waals surface area contributed by atoms with Gasteiger partial charge in [-0.2, -0.15) is 0 Å². The number of esters is 1. The molecule has 0 bridgehead atoms. The summed E-state index contributed by atoms with van der Waals surface area (Å²) in [4.78, 5) is 48.7. The third-order valence-corrected chi connectivity index (χ3v) is 6.45. The number of ether oxygens (including phenoxy) is 1. The van der Waals surface area contributed by atoms with Gasteiger partial charge in [-0.3, -0.25) is 14.9 Å². The van der Waals surface area contributed by atoms with E-state index in [1.54, 1.807) is 0 Å². The van der Waals surface area contributed by atoms with Crippen LogP contribution in [0.4, 0.5) is 9.80 Å². The molecule has 190 valence electrons. The van der Waals surface area contributed by atoms with E-state index in [1.165, 1.54) is 26.2 Å². The molecule has 1 heterocycles. The van der Waals surface area contributed by atoms with E-state index in [9.17, 15) is 24.3 Å². The summed E-state index contributed by atoms with van der Waals surface area (Å²) < 4.78 is 5.13. The SMILES string of the molecule is CCCCCCCCNC(=O)Nc1sc(C(=O)NCC(=O)OCc2ccccc2)c(C)c1C(=O)O. The first kappa shape index (κ1) is 27.8. The number of rotatable bonds is 14. The number of urea groups is 1. The number of benzene rings is 1. The molecule has 0 atom stereocenters. The van der Waals surface area contributed by atoms with Crippen LogP contribution in [0.15, 0.2) is 30.3 Å². The predicted octanol–water partition coefficient (Wildman–Crippen LogP) is 4.71. The molecule has 0 unspecified atom stereocenters. The van der Waals surface area contributed by atoms with Crippen molar-refractivity contribution >= 4 is 40.2 Å². The van der Waals surface area contributed by atoms with Crippen LogP contribution in [0.25, 0.3) is 0 Å². The number of thiophene rings is 1. The molecule has 35 heavy (non-hydrogen) atoms. The van der Waals surface area contributed by atoms with Gasteiger partial charge in [-0.15, -0.1) is 11.3 Å². The van der Waals surface area contributed by atoms with Gasteiger partial charge in [0.2, 0.25) is 0 Å². The van der Waals surface area contributed by atoms with Crippen LogP contribution in [0.1, 0.15) is 76.6 Å². The van der Waals surface area contributed by atoms with Crippen molar-refractivity contribution < 1.29 is 29.0 Å². The summed E-state index contributed by atoms with van der Waals surface area (Å²) in [6.45, 7) is 3.83. The number of carbonyl (C=O) groups is 4. The van der Waals surface area contributed by atoms with E-state index in [2.05, 4.69) is 22.9 Å². The summed E-state index contributed by atoms with van der Waals surface area (Å²) in [6, 6.07) is 8.59. The molecule has 2 rings (SSSR count). The summed E-state index contributed by atoms with van der Waals surface area (Å²) in [5, 5.41) is 17.4. The van der Waals surface area contributed by atoms with Crippen molar-refractivity contribution in [3.63, 3.8) is 0 Å². The highest BCUT2D eigenvalue weighted by atomic mass is 32.1. The van der Waals surface area contributed by atoms with Crippen LogP contribution >= 0.6 is 11.3 Å². The summed E-state index contributed by atoms with van der Waals surface area (Å²) >= 11 is 0.849. The monoisotopic (exact) mass is 503 g/mol. The summed E-state index contributed by atoms with van der Waals surface area (Å²) in [6.07, 6.45) is 6.51. The standard InChI is InChI=1S/C25H33N3O6S/c1-3-4-5-6-7-11-14-26-25(33)28-23-20(24(31)32)17(2)21(35-23)22(30)27-15-19(29)34-16-18-12-9-8-10-13-18/h8-10,12-13H,3-7,11,14-16H2,1-2H3,(H,27,30)(H,31,32)(H2,26,28,33). The number of carbonyl (C=O) groups excluding carboxylic acids is 3. The van der Waals surface area contributed by atoms with Crippen molar-refractivity contribution in [2.45, 2.75) is 59.0 Å². The molecule has 0 aliphatic carbocycles. The van der Waals surface area contributed by atoms with Gasteiger partial charge in [-0.05, 0) is 24.5 Å². The molecule has 0 saturated carbocycles. The Labute approximate surface area is 209 Å². The lowest BCUT2D eigenvalue weighted by Gasteiger charge is -2.07. The number of anilines is 1. The highest BCUT2D eigenvalue weighted by Crippen LogP contribution is 2.33. The molecule has 9 nitrogen and oxygen atoms in total. The summed E-state index contributed by atoms with van der Waals surface area (Å²) in [5.41, 5.74) is 0.878. The average molecular weight is 504 g/mol. The Balaban J connectivity index is 1.88. The first-order valence-corrected chi connectivity index (χ1v) is 12.5. The quantitative estimate of drug-likeness (QED) is 0.218. The molecule has 1 aromatic carbocycles. The number of hydrogen-bond acceptors (Lipinski definition) is 6. The number of carboxylic acid groups (broad SMARTS) is 1. The second-order valence-electron chi connectivity index (χ2n) is 8.04. The lowest BCUT2D eigenvalue weighted by molar-refractivity contribution is -0.143. The minimum atomic E-state index is -1.26. The zero-order chi connectivity index (χ0) is 25.6. The molecular weight excluding hydrogens is 470 g/mol. The number of unbranched alkanes of at least 4 members (excludes halogenated alkanes) is 5. The van der Waals surface area contributed by atoms with Crippen molar-refractivity contribution in [2.75, 3.05) is 18.4 Å². The van der Waals surface area contributed by atoms with Gasteiger partial charge in [-0.1, -0.05) is 69.4 Å². The van der Waals surface area contributed by atoms with E-state index in [-0.39, 0.29) is 34.2 Å². The fraction of sp³-hybridized carbons (Fsp3) is 0.440. The second-order valence-corrected chi connectivity index (χ2v) is 9.06. The lowest BCUT2D eigenvalue weighted by Crippen LogP contribution is -2.30. The van der Waals surface area contributed by atoms with Gasteiger partial charge < -0.3 is 20.5 Å². The maximum absolute atomic E-state index is 12.6. The smallest absolute Gasteiger partial charge is 0.339 e. The third kappa shape index (κ3) is 9.40. The number of hydrogen-bond donors (Lipinski definition) is 4. The van der Waals surface area contributed by atoms with E-state index < -0.39 is 23.9 Å². The fourth-order valence-corrected chi connectivity index (χ4v) is 4.46. The Morgan fingerprint density at radius 3 is 2.34 bits per heavy atom. The largest absolute Gasteiger partial charge is 0.478 e. The zero-order valence-corrected chi connectivity index (χ0v) is 21.0. The Bertz CT molecular complexity index is 1010. The van der Waals surface area contributed by atoms with Gasteiger partial charge in [0.1, 0.15) is 18.2 Å². The molecular formula is C25H33N3O6S. The normalized spacial score (nSPS) is 10.5. The molecule has 0 aliphatic rings. The van der Waals surface area contributed by atoms with Crippen molar-refractivity contribution in [1.82, 2.24) is 10.6 Å². The topological polar surface area (TPSA) is 134 Å². The van der Waals surface area contributed by atoms with Gasteiger partial charge in [0, 0.05) is 6.54 Å². The Morgan fingerprint density at radius 1 is 0.971 bits per heavy atom. The lowest BCUT2D eigenvalue weighted by atomic mass is 10.1. The van der Waals surface area contributed by atoms with Crippen molar-refractivity contribution in [3.8, 4) is 0 Å². The van der Waals surface area contributed by atoms with Crippen molar-refractivity contribution in [2.24, 2.45) is 0 Å². The van der Waals surface area contributed by atoms with Crippen LogP contribution < -0.4 is 16.0 Å². The Hall–Kier alpha value is -3.40. The maximum Gasteiger partial charge on any atom is 0.339 e. The summed E-state index contributed by atoms with van der Waals surface area (Å²) in [7, 11) is 0. The zero-order valence-electron chi connectivity index (χ0n) is 20.1. The first-order valence-electron chi connectivity index (χ1n) is 11.7. The van der Waals surface area contributed by atoms with Gasteiger partial charge in [0.05, 0.1) is 10.4 Å². The molecule has 1 aromatic heterocycles. The van der Waals surface area contributed by atoms with E-state index in [0.29, 0.717) is 6.54 Å². The minimum Gasteiger partial charge on any atom is -0.478 e. The van der Waals surface area contributed by atoms with Crippen LogP contribution in [0, 0.1) is 6.92 Å². The van der Waals surface area contributed by atoms with Crippen LogP contribution in [0.2, 0.25) is 0 Å². The number of aromatic carboxylic acids is 1. The molecule has 2 aromatic rings. The van der Waals surface area contributed by atoms with Gasteiger partial charge in [0.15, 0.2) is 0 Å². The fourth-order valence-electron chi connectivity index (χ4n) is 3.35. The highest BCUT2D eigenvalue weighted by molar-refractivity contribution is 7.18. The Morgan fingerprint density at radius 2 is 1.66 bits per heavy atom. The molecule has 0 spiro atoms. The van der Waals surface area contributed by atoms with Crippen LogP contribution in [0.3, 0.4) is 0 Å². The van der Waals surface area contributed by atoms with Crippen molar-refractivity contribution in [3.05, 3.63) is 51.9 Å². The molecule has 0 aliphatic heterocycles. The van der Waals surface area contributed by atoms with Crippen molar-refractivity contribution in [1.29, 1.82) is 0 Å². The second kappa shape index (κ2) is 14.8. The van der Waals surface area contributed by atoms with E-state index in [4.69, 9.17) is 4.74 Å². The maximum atomic E-state index is 12.6. The van der Waals surface area contributed by atoms with Gasteiger partial charge in [-0.25, -0.2) is 9.59 Å². The van der Waals surface area contributed by atoms with E-state index in [0.717, 1.165) is 36.2 Å². The van der Waals surface area contributed by atoms with E-state index in [1.807, 2.05) is 30.3 Å². The third-order valence-electron chi connectivity index (χ3n) is 5.25. The van der Waals surface area contributed by atoms with Crippen LogP contribution in [-0.2, 0) is 16.1 Å². The predicted molar refractivity (Wildman–Crippen MR) is 135 cm³/mol. The molecule has 0 saturated heterocycles. The molecule has 3 amide bonds. The average Bonchev–Trinajstić information content (AvgIpc) is 3.17. The molecule has 0 fully saturated rings. The number of amides is 3. The van der Waals surface area contributed by atoms with E-state index >= 15 is 0 Å². The van der Waals surface area contributed by atoms with Crippen LogP contribution in [-0.4, -0.2) is 42.1 Å². The molecule has 0 radical (unpaired) electrons. The molecule has 4 N–H and O–H groups in total. The Kier molecular flexibility index (Phi) is 11.8. The van der Waals surface area contributed by atoms with Gasteiger partial charge >= 0.3 is 18.0 Å². The van der Waals surface area contributed by atoms with Crippen LogP contribution in [0.5, 0.6) is 0 Å². The van der Waals surface area contributed by atoms with Gasteiger partial charge in [0.25, 0.3) is 5.91 Å². The highest BCUT2D eigenvalue weighted by Gasteiger charge is 2.25. The first-order chi connectivity index (χ1) is 16.8. The molecule has 10 heteroatoms. The number of nitrogens with one attached hydrogen (secondary N) is 3. The number of carboxylic acids is 1. The summed E-state index contributed by atoms with van der Waals surface area (Å²) in [5.74, 6) is -2.50. The minimum absolute atomic E-state index is 0.0623.